The fourth-order valence-corrected chi connectivity index (χ4v) is 0.334. The Hall–Kier alpha value is -0.220. The van der Waals surface area contributed by atoms with Crippen molar-refractivity contribution in [3.8, 4) is 0 Å². The number of hydrogen-bond acceptors (Lipinski definition) is 3. The van der Waals surface area contributed by atoms with Crippen molar-refractivity contribution in [1.82, 2.24) is 10.6 Å². The van der Waals surface area contributed by atoms with Crippen LogP contribution in [0, 0.1) is 0 Å². The lowest BCUT2D eigenvalue weighted by atomic mass is 10.7. The van der Waals surface area contributed by atoms with E-state index in [-0.39, 0.29) is 5.91 Å². The van der Waals surface area contributed by atoms with Crippen molar-refractivity contribution in [3.63, 3.8) is 0 Å². The van der Waals surface area contributed by atoms with E-state index in [1.807, 2.05) is 7.05 Å². The third kappa shape index (κ3) is 25.0. The molecule has 0 bridgehead atoms. The molecule has 0 aliphatic rings. The lowest BCUT2D eigenvalue weighted by molar-refractivity contribution is -0.118. The van der Waals surface area contributed by atoms with Crippen LogP contribution in [0.15, 0.2) is 0 Å². The van der Waals surface area contributed by atoms with Crippen LogP contribution in [0.2, 0.25) is 0 Å². The summed E-state index contributed by atoms with van der Waals surface area (Å²) in [6, 6.07) is 0. The number of nitrogens with one attached hydrogen (secondary N) is 2. The van der Waals surface area contributed by atoms with Crippen molar-refractivity contribution in [2.45, 2.75) is 13.8 Å². The molecular formula is C6H16N2OS. The van der Waals surface area contributed by atoms with Gasteiger partial charge in [0.2, 0.25) is 5.91 Å². The predicted octanol–water partition coefficient (Wildman–Crippen LogP) is 0.235. The van der Waals surface area contributed by atoms with Crippen LogP contribution in [-0.4, -0.2) is 25.4 Å². The van der Waals surface area contributed by atoms with E-state index in [2.05, 4.69) is 30.2 Å². The summed E-state index contributed by atoms with van der Waals surface area (Å²) in [6.45, 7) is 4.59. The number of rotatable bonds is 2. The molecule has 0 aliphatic carbocycles. The van der Waals surface area contributed by atoms with Gasteiger partial charge in [0, 0.05) is 6.92 Å². The minimum Gasteiger partial charge on any atom is -0.348 e. The average molecular weight is 164 g/mol. The number of carbonyl (C=O) groups excluding carboxylic acids is 1. The zero-order chi connectivity index (χ0) is 8.41. The Labute approximate surface area is 68.0 Å². The molecule has 0 atom stereocenters. The molecular weight excluding hydrogens is 148 g/mol. The molecule has 0 aromatic carbocycles. The molecule has 62 valence electrons. The molecule has 0 rings (SSSR count). The van der Waals surface area contributed by atoms with Gasteiger partial charge in [-0.05, 0) is 13.6 Å². The number of carbonyl (C=O) groups is 1. The van der Waals surface area contributed by atoms with E-state index < -0.39 is 0 Å². The van der Waals surface area contributed by atoms with Crippen molar-refractivity contribution in [2.75, 3.05) is 19.5 Å². The Kier molecular flexibility index (Phi) is 14.4. The van der Waals surface area contributed by atoms with Gasteiger partial charge in [-0.3, -0.25) is 4.79 Å². The Balaban J connectivity index is 0. The lowest BCUT2D eigenvalue weighted by Gasteiger charge is -1.88. The molecule has 0 aromatic heterocycles. The summed E-state index contributed by atoms with van der Waals surface area (Å²) in [5.41, 5.74) is 0. The van der Waals surface area contributed by atoms with E-state index in [0.717, 1.165) is 6.54 Å². The third-order valence-corrected chi connectivity index (χ3v) is 0.840. The molecule has 10 heavy (non-hydrogen) atoms. The van der Waals surface area contributed by atoms with Crippen molar-refractivity contribution in [2.24, 2.45) is 0 Å². The topological polar surface area (TPSA) is 41.1 Å². The minimum absolute atomic E-state index is 0.0370. The highest BCUT2D eigenvalue weighted by Crippen LogP contribution is 1.62. The summed E-state index contributed by atoms with van der Waals surface area (Å²) in [4.78, 5) is 9.88. The Morgan fingerprint density at radius 2 is 2.00 bits per heavy atom. The number of amides is 1. The van der Waals surface area contributed by atoms with Gasteiger partial charge in [-0.1, -0.05) is 6.92 Å². The largest absolute Gasteiger partial charge is 0.348 e. The third-order valence-electron chi connectivity index (χ3n) is 0.682. The van der Waals surface area contributed by atoms with Crippen LogP contribution in [0.4, 0.5) is 0 Å². The van der Waals surface area contributed by atoms with Crippen molar-refractivity contribution >= 4 is 18.5 Å². The standard InChI is InChI=1S/C3H7NOS.C3H9N/c1-3(5)4-2-6;1-3-4-2/h6H,2H2,1H3,(H,4,5);4H,3H2,1-2H3. The van der Waals surface area contributed by atoms with Crippen LogP contribution in [-0.2, 0) is 4.79 Å². The van der Waals surface area contributed by atoms with Gasteiger partial charge in [-0.25, -0.2) is 0 Å². The van der Waals surface area contributed by atoms with Gasteiger partial charge in [0.1, 0.15) is 0 Å². The van der Waals surface area contributed by atoms with Gasteiger partial charge in [0.25, 0.3) is 0 Å². The van der Waals surface area contributed by atoms with Gasteiger partial charge in [0.05, 0.1) is 5.88 Å². The minimum atomic E-state index is -0.0370. The molecule has 0 heterocycles. The molecule has 0 spiro atoms. The summed E-state index contributed by atoms with van der Waals surface area (Å²) in [7, 11) is 1.93. The fourth-order valence-electron chi connectivity index (χ4n) is 0.111. The summed E-state index contributed by atoms with van der Waals surface area (Å²) in [5, 5.41) is 5.36. The molecule has 2 N–H and O–H groups in total. The summed E-state index contributed by atoms with van der Waals surface area (Å²) in [5.74, 6) is 0.389. The number of hydrogen-bond donors (Lipinski definition) is 3. The Bertz CT molecular complexity index is 76.1. The first kappa shape index (κ1) is 12.5. The predicted molar refractivity (Wildman–Crippen MR) is 47.3 cm³/mol. The van der Waals surface area contributed by atoms with Gasteiger partial charge >= 0.3 is 0 Å². The quantitative estimate of drug-likeness (QED) is 0.404. The maximum absolute atomic E-state index is 9.88. The molecule has 0 unspecified atom stereocenters. The first-order valence-electron chi connectivity index (χ1n) is 3.18. The van der Waals surface area contributed by atoms with Gasteiger partial charge in [-0.2, -0.15) is 12.6 Å². The van der Waals surface area contributed by atoms with E-state index in [4.69, 9.17) is 0 Å². The van der Waals surface area contributed by atoms with Crippen LogP contribution >= 0.6 is 12.6 Å². The van der Waals surface area contributed by atoms with Crippen LogP contribution < -0.4 is 10.6 Å². The average Bonchev–Trinajstić information content (AvgIpc) is 1.89. The SMILES string of the molecule is CC(=O)NCS.CCNC. The second-order valence-electron chi connectivity index (χ2n) is 1.60. The monoisotopic (exact) mass is 164 g/mol. The molecule has 0 aromatic rings. The molecule has 4 heteroatoms. The second-order valence-corrected chi connectivity index (χ2v) is 1.91. The molecule has 0 aliphatic heterocycles. The van der Waals surface area contributed by atoms with E-state index in [9.17, 15) is 4.79 Å². The van der Waals surface area contributed by atoms with Crippen LogP contribution in [0.3, 0.4) is 0 Å². The van der Waals surface area contributed by atoms with Crippen LogP contribution in [0.25, 0.3) is 0 Å². The van der Waals surface area contributed by atoms with Gasteiger partial charge in [0.15, 0.2) is 0 Å². The summed E-state index contributed by atoms with van der Waals surface area (Å²) < 4.78 is 0. The fraction of sp³-hybridized carbons (Fsp3) is 0.833. The molecule has 0 saturated carbocycles. The first-order valence-corrected chi connectivity index (χ1v) is 3.82. The highest BCUT2D eigenvalue weighted by atomic mass is 32.1. The summed E-state index contributed by atoms with van der Waals surface area (Å²) in [6.07, 6.45) is 0. The van der Waals surface area contributed by atoms with E-state index >= 15 is 0 Å². The molecule has 3 nitrogen and oxygen atoms in total. The van der Waals surface area contributed by atoms with Crippen molar-refractivity contribution in [1.29, 1.82) is 0 Å². The first-order chi connectivity index (χ1) is 4.68. The Morgan fingerprint density at radius 3 is 2.00 bits per heavy atom. The zero-order valence-corrected chi connectivity index (χ0v) is 7.66. The van der Waals surface area contributed by atoms with Crippen molar-refractivity contribution in [3.05, 3.63) is 0 Å². The second kappa shape index (κ2) is 11.6. The molecule has 0 saturated heterocycles. The molecule has 0 radical (unpaired) electrons. The number of thiol groups is 1. The van der Waals surface area contributed by atoms with E-state index in [0.29, 0.717) is 5.88 Å². The van der Waals surface area contributed by atoms with Gasteiger partial charge in [-0.15, -0.1) is 0 Å². The van der Waals surface area contributed by atoms with Crippen LogP contribution in [0.5, 0.6) is 0 Å². The zero-order valence-electron chi connectivity index (χ0n) is 6.77. The molecule has 1 amide bonds. The maximum atomic E-state index is 9.88. The highest BCUT2D eigenvalue weighted by molar-refractivity contribution is 7.80. The van der Waals surface area contributed by atoms with Gasteiger partial charge < -0.3 is 10.6 Å². The summed E-state index contributed by atoms with van der Waals surface area (Å²) >= 11 is 3.73. The van der Waals surface area contributed by atoms with Crippen LogP contribution in [0.1, 0.15) is 13.8 Å². The van der Waals surface area contributed by atoms with Crippen molar-refractivity contribution < 1.29 is 4.79 Å². The maximum Gasteiger partial charge on any atom is 0.217 e. The Morgan fingerprint density at radius 1 is 1.60 bits per heavy atom. The normalized spacial score (nSPS) is 7.60. The lowest BCUT2D eigenvalue weighted by Crippen LogP contribution is -2.16. The molecule has 0 fully saturated rings. The highest BCUT2D eigenvalue weighted by Gasteiger charge is 1.79. The van der Waals surface area contributed by atoms with E-state index in [1.165, 1.54) is 6.92 Å². The smallest absolute Gasteiger partial charge is 0.217 e. The van der Waals surface area contributed by atoms with E-state index in [1.54, 1.807) is 0 Å².